The maximum Gasteiger partial charge on any atom is 0.201 e. The maximum atomic E-state index is 6.42. The van der Waals surface area contributed by atoms with E-state index in [0.29, 0.717) is 12.4 Å². The number of aryl methyl sites for hydroxylation is 1. The number of tetrazole rings is 1. The Hall–Kier alpha value is -2.77. The standard InChI is InChI=1S/C21H21ClN6S/c1-2-6-20-23-13-17(28(20)14-15-7-3-4-9-19(15)22)11-16(21-24-26-27-25-21)12-18-8-5-10-29-18/h3-5,7-11,13H,2,6,12,14H2,1H3,(H,24,25,26,27)/b16-11-. The molecule has 0 bridgehead atoms. The number of thiophene rings is 1. The van der Waals surface area contributed by atoms with Gasteiger partial charge in [0.25, 0.3) is 0 Å². The first-order valence-electron chi connectivity index (χ1n) is 9.49. The predicted octanol–water partition coefficient (Wildman–Crippen LogP) is 4.90. The average Bonchev–Trinajstić information content (AvgIpc) is 3.48. The predicted molar refractivity (Wildman–Crippen MR) is 117 cm³/mol. The third kappa shape index (κ3) is 4.63. The molecular weight excluding hydrogens is 404 g/mol. The molecule has 0 unspecified atom stereocenters. The van der Waals surface area contributed by atoms with Gasteiger partial charge in [-0.25, -0.2) is 4.98 Å². The quantitative estimate of drug-likeness (QED) is 0.436. The van der Waals surface area contributed by atoms with Crippen LogP contribution in [0.5, 0.6) is 0 Å². The molecule has 0 fully saturated rings. The summed E-state index contributed by atoms with van der Waals surface area (Å²) in [6.45, 7) is 2.82. The number of nitrogens with one attached hydrogen (secondary N) is 1. The number of benzene rings is 1. The fraction of sp³-hybridized carbons (Fsp3) is 0.238. The minimum Gasteiger partial charge on any atom is -0.324 e. The molecular formula is C21H21ClN6S. The van der Waals surface area contributed by atoms with Crippen molar-refractivity contribution in [3.05, 3.63) is 80.8 Å². The van der Waals surface area contributed by atoms with Crippen LogP contribution in [0, 0.1) is 0 Å². The van der Waals surface area contributed by atoms with Gasteiger partial charge in [0.1, 0.15) is 5.82 Å². The zero-order valence-electron chi connectivity index (χ0n) is 16.0. The van der Waals surface area contributed by atoms with Crippen LogP contribution in [0.3, 0.4) is 0 Å². The lowest BCUT2D eigenvalue weighted by molar-refractivity contribution is 0.701. The highest BCUT2D eigenvalue weighted by Crippen LogP contribution is 2.24. The molecule has 4 rings (SSSR count). The van der Waals surface area contributed by atoms with E-state index in [2.05, 4.69) is 66.8 Å². The van der Waals surface area contributed by atoms with Gasteiger partial charge in [-0.1, -0.05) is 42.8 Å². The summed E-state index contributed by atoms with van der Waals surface area (Å²) in [5.74, 6) is 1.64. The van der Waals surface area contributed by atoms with Crippen LogP contribution in [0.4, 0.5) is 0 Å². The van der Waals surface area contributed by atoms with E-state index in [1.54, 1.807) is 11.3 Å². The van der Waals surface area contributed by atoms with Crippen LogP contribution in [0.1, 0.15) is 41.1 Å². The number of H-pyrrole nitrogens is 1. The van der Waals surface area contributed by atoms with Crippen molar-refractivity contribution in [3.63, 3.8) is 0 Å². The molecule has 4 aromatic rings. The first-order chi connectivity index (χ1) is 14.2. The van der Waals surface area contributed by atoms with Crippen molar-refractivity contribution in [1.29, 1.82) is 0 Å². The summed E-state index contributed by atoms with van der Waals surface area (Å²) in [5, 5.41) is 17.5. The van der Waals surface area contributed by atoms with E-state index in [1.807, 2.05) is 24.4 Å². The highest BCUT2D eigenvalue weighted by atomic mass is 35.5. The molecule has 6 nitrogen and oxygen atoms in total. The van der Waals surface area contributed by atoms with E-state index < -0.39 is 0 Å². The number of aromatic amines is 1. The van der Waals surface area contributed by atoms with Crippen LogP contribution < -0.4 is 0 Å². The molecule has 0 aliphatic heterocycles. The Morgan fingerprint density at radius 1 is 1.24 bits per heavy atom. The number of aromatic nitrogens is 6. The van der Waals surface area contributed by atoms with E-state index in [0.717, 1.165) is 46.9 Å². The van der Waals surface area contributed by atoms with E-state index in [9.17, 15) is 0 Å². The SMILES string of the molecule is CCCc1ncc(/C=C(/Cc2cccs2)c2nn[nH]n2)n1Cc1ccccc1Cl. The second-order valence-corrected chi connectivity index (χ2v) is 8.13. The number of nitrogens with zero attached hydrogens (tertiary/aromatic N) is 5. The molecule has 0 radical (unpaired) electrons. The van der Waals surface area contributed by atoms with Gasteiger partial charge in [-0.15, -0.1) is 21.5 Å². The maximum absolute atomic E-state index is 6.42. The zero-order valence-corrected chi connectivity index (χ0v) is 17.6. The van der Waals surface area contributed by atoms with Gasteiger partial charge in [0, 0.05) is 28.3 Å². The van der Waals surface area contributed by atoms with Crippen molar-refractivity contribution in [2.75, 3.05) is 0 Å². The first-order valence-corrected chi connectivity index (χ1v) is 10.7. The Balaban J connectivity index is 1.75. The van der Waals surface area contributed by atoms with Crippen molar-refractivity contribution < 1.29 is 0 Å². The minimum absolute atomic E-state index is 0.598. The normalized spacial score (nSPS) is 11.9. The van der Waals surface area contributed by atoms with Gasteiger partial charge >= 0.3 is 0 Å². The van der Waals surface area contributed by atoms with Gasteiger partial charge in [-0.2, -0.15) is 5.21 Å². The van der Waals surface area contributed by atoms with Gasteiger partial charge < -0.3 is 4.57 Å². The van der Waals surface area contributed by atoms with Crippen LogP contribution in [-0.2, 0) is 19.4 Å². The number of rotatable bonds is 8. The topological polar surface area (TPSA) is 72.3 Å². The van der Waals surface area contributed by atoms with Gasteiger partial charge in [-0.3, -0.25) is 0 Å². The number of imidazole rings is 1. The molecule has 1 aromatic carbocycles. The summed E-state index contributed by atoms with van der Waals surface area (Å²) in [6.07, 6.45) is 6.68. The van der Waals surface area contributed by atoms with Gasteiger partial charge in [0.15, 0.2) is 0 Å². The Labute approximate surface area is 178 Å². The lowest BCUT2D eigenvalue weighted by Crippen LogP contribution is -2.08. The van der Waals surface area contributed by atoms with E-state index >= 15 is 0 Å². The molecule has 0 saturated heterocycles. The molecule has 1 N–H and O–H groups in total. The number of hydrogen-bond donors (Lipinski definition) is 1. The van der Waals surface area contributed by atoms with E-state index in [4.69, 9.17) is 11.6 Å². The highest BCUT2D eigenvalue weighted by molar-refractivity contribution is 7.10. The summed E-state index contributed by atoms with van der Waals surface area (Å²) >= 11 is 8.14. The van der Waals surface area contributed by atoms with Crippen molar-refractivity contribution >= 4 is 34.6 Å². The Bertz CT molecular complexity index is 1080. The lowest BCUT2D eigenvalue weighted by atomic mass is 10.1. The molecule has 0 spiro atoms. The van der Waals surface area contributed by atoms with Gasteiger partial charge in [-0.05, 0) is 40.8 Å². The molecule has 148 valence electrons. The monoisotopic (exact) mass is 424 g/mol. The summed E-state index contributed by atoms with van der Waals surface area (Å²) in [6, 6.07) is 12.1. The third-order valence-electron chi connectivity index (χ3n) is 4.63. The van der Waals surface area contributed by atoms with Crippen molar-refractivity contribution in [1.82, 2.24) is 30.2 Å². The molecule has 0 atom stereocenters. The summed E-state index contributed by atoms with van der Waals surface area (Å²) < 4.78 is 2.22. The molecule has 0 aliphatic rings. The molecule has 3 heterocycles. The third-order valence-corrected chi connectivity index (χ3v) is 5.87. The molecule has 3 aromatic heterocycles. The number of allylic oxidation sites excluding steroid dienone is 1. The summed E-state index contributed by atoms with van der Waals surface area (Å²) in [7, 11) is 0. The molecule has 0 aliphatic carbocycles. The van der Waals surface area contributed by atoms with Crippen molar-refractivity contribution in [2.45, 2.75) is 32.7 Å². The second kappa shape index (κ2) is 9.15. The van der Waals surface area contributed by atoms with Crippen LogP contribution in [-0.4, -0.2) is 30.2 Å². The molecule has 29 heavy (non-hydrogen) atoms. The number of halogens is 1. The van der Waals surface area contributed by atoms with Crippen LogP contribution in [0.2, 0.25) is 5.02 Å². The van der Waals surface area contributed by atoms with Crippen molar-refractivity contribution in [2.24, 2.45) is 0 Å². The van der Waals surface area contributed by atoms with Gasteiger partial charge in [0.05, 0.1) is 18.4 Å². The smallest absolute Gasteiger partial charge is 0.201 e. The second-order valence-electron chi connectivity index (χ2n) is 6.69. The summed E-state index contributed by atoms with van der Waals surface area (Å²) in [5.41, 5.74) is 3.06. The van der Waals surface area contributed by atoms with Gasteiger partial charge in [0.2, 0.25) is 5.82 Å². The summed E-state index contributed by atoms with van der Waals surface area (Å²) in [4.78, 5) is 5.92. The lowest BCUT2D eigenvalue weighted by Gasteiger charge is -2.12. The minimum atomic E-state index is 0.598. The van der Waals surface area contributed by atoms with Crippen LogP contribution in [0.25, 0.3) is 11.6 Å². The first kappa shape index (κ1) is 19.5. The highest BCUT2D eigenvalue weighted by Gasteiger charge is 2.14. The fourth-order valence-electron chi connectivity index (χ4n) is 3.22. The molecule has 8 heteroatoms. The Morgan fingerprint density at radius 3 is 2.86 bits per heavy atom. The van der Waals surface area contributed by atoms with Crippen molar-refractivity contribution in [3.8, 4) is 0 Å². The number of hydrogen-bond acceptors (Lipinski definition) is 5. The molecule has 0 saturated carbocycles. The zero-order chi connectivity index (χ0) is 20.1. The Kier molecular flexibility index (Phi) is 6.17. The Morgan fingerprint density at radius 2 is 2.14 bits per heavy atom. The van der Waals surface area contributed by atoms with Crippen LogP contribution >= 0.6 is 22.9 Å². The largest absolute Gasteiger partial charge is 0.324 e. The van der Waals surface area contributed by atoms with Crippen LogP contribution in [0.15, 0.2) is 48.0 Å². The van der Waals surface area contributed by atoms with E-state index in [-0.39, 0.29) is 0 Å². The molecule has 0 amide bonds. The fourth-order valence-corrected chi connectivity index (χ4v) is 4.14. The average molecular weight is 425 g/mol. The van der Waals surface area contributed by atoms with E-state index in [1.165, 1.54) is 4.88 Å².